The van der Waals surface area contributed by atoms with Gasteiger partial charge in [0.2, 0.25) is 15.7 Å². The molecule has 0 aliphatic carbocycles. The Labute approximate surface area is 150 Å². The lowest BCUT2D eigenvalue weighted by atomic mass is 10.1. The first-order valence-corrected chi connectivity index (χ1v) is 8.98. The fourth-order valence-corrected chi connectivity index (χ4v) is 3.51. The van der Waals surface area contributed by atoms with Gasteiger partial charge in [0.25, 0.3) is 0 Å². The van der Waals surface area contributed by atoms with Crippen molar-refractivity contribution in [2.75, 3.05) is 0 Å². The lowest BCUT2D eigenvalue weighted by molar-refractivity contribution is 0.352. The van der Waals surface area contributed by atoms with Crippen LogP contribution < -0.4 is 5.73 Å². The van der Waals surface area contributed by atoms with E-state index in [1.54, 1.807) is 0 Å². The molecule has 0 spiro atoms. The molecule has 2 rings (SSSR count). The van der Waals surface area contributed by atoms with E-state index in [-0.39, 0.29) is 34.8 Å². The van der Waals surface area contributed by atoms with Crippen molar-refractivity contribution in [2.24, 2.45) is 11.7 Å². The average molecular weight is 398 g/mol. The first kappa shape index (κ1) is 20.8. The number of rotatable bonds is 6. The van der Waals surface area contributed by atoms with Crippen LogP contribution in [0.3, 0.4) is 0 Å². The van der Waals surface area contributed by atoms with Gasteiger partial charge >= 0.3 is 5.22 Å². The van der Waals surface area contributed by atoms with Gasteiger partial charge < -0.3 is 10.2 Å². The minimum atomic E-state index is -4.02. The molecule has 0 radical (unpaired) electrons. The fraction of sp³-hybridized carbons (Fsp3) is 0.429. The van der Waals surface area contributed by atoms with E-state index in [0.29, 0.717) is 6.42 Å². The molecule has 1 atom stereocenters. The molecular weight excluding hydrogens is 380 g/mol. The third kappa shape index (κ3) is 4.89. The third-order valence-corrected chi connectivity index (χ3v) is 4.85. The molecule has 0 fully saturated rings. The summed E-state index contributed by atoms with van der Waals surface area (Å²) in [4.78, 5) is 0. The molecule has 1 aromatic heterocycles. The zero-order valence-electron chi connectivity index (χ0n) is 13.1. The number of nitrogens with zero attached hydrogens (tertiary/aromatic N) is 2. The van der Waals surface area contributed by atoms with Crippen molar-refractivity contribution in [1.82, 2.24) is 10.2 Å². The average Bonchev–Trinajstić information content (AvgIpc) is 2.93. The van der Waals surface area contributed by atoms with Crippen molar-refractivity contribution in [3.8, 4) is 0 Å². The van der Waals surface area contributed by atoms with Crippen molar-refractivity contribution >= 4 is 33.8 Å². The van der Waals surface area contributed by atoms with Crippen molar-refractivity contribution in [2.45, 2.75) is 37.3 Å². The van der Waals surface area contributed by atoms with Gasteiger partial charge in [-0.2, -0.15) is 0 Å². The van der Waals surface area contributed by atoms with E-state index in [1.807, 2.05) is 13.8 Å². The molecule has 2 N–H and O–H groups in total. The zero-order chi connectivity index (χ0) is 17.2. The van der Waals surface area contributed by atoms with Crippen molar-refractivity contribution in [3.63, 3.8) is 0 Å². The van der Waals surface area contributed by atoms with Gasteiger partial charge in [-0.05, 0) is 24.5 Å². The molecule has 0 aliphatic heterocycles. The monoisotopic (exact) mass is 397 g/mol. The van der Waals surface area contributed by atoms with E-state index < -0.39 is 32.7 Å². The summed E-state index contributed by atoms with van der Waals surface area (Å²) in [6, 6.07) is 3.38. The highest BCUT2D eigenvalue weighted by atomic mass is 35.5. The van der Waals surface area contributed by atoms with Gasteiger partial charge in [-0.25, -0.2) is 12.8 Å². The molecule has 10 heteroatoms. The number of halogens is 3. The molecule has 0 saturated carbocycles. The summed E-state index contributed by atoms with van der Waals surface area (Å²) in [7, 11) is -4.02. The molecule has 1 unspecified atom stereocenters. The number of nitrogens with two attached hydrogens (primary N) is 1. The third-order valence-electron chi connectivity index (χ3n) is 3.13. The van der Waals surface area contributed by atoms with Crippen LogP contribution in [0.5, 0.6) is 0 Å². The fourth-order valence-electron chi connectivity index (χ4n) is 2.03. The Morgan fingerprint density at radius 1 is 1.33 bits per heavy atom. The van der Waals surface area contributed by atoms with E-state index in [9.17, 15) is 12.8 Å². The summed E-state index contributed by atoms with van der Waals surface area (Å²) < 4.78 is 43.5. The molecule has 24 heavy (non-hydrogen) atoms. The number of benzene rings is 1. The highest BCUT2D eigenvalue weighted by Crippen LogP contribution is 2.25. The summed E-state index contributed by atoms with van der Waals surface area (Å²) in [5.41, 5.74) is 5.74. The number of aromatic nitrogens is 2. The standard InChI is InChI=1S/C14H17ClFN3O3S.ClH/c1-8(2)6-12(17)13-18-19-14(22-13)23(20,21)7-9-10(15)4-3-5-11(9)16;/h3-5,8,12H,6-7,17H2,1-2H3;1H. The number of sulfone groups is 1. The predicted molar refractivity (Wildman–Crippen MR) is 90.2 cm³/mol. The Bertz CT molecular complexity index is 776. The lowest BCUT2D eigenvalue weighted by Gasteiger charge is -2.09. The van der Waals surface area contributed by atoms with Gasteiger partial charge in [-0.3, -0.25) is 0 Å². The van der Waals surface area contributed by atoms with Crippen LogP contribution >= 0.6 is 24.0 Å². The normalized spacial score (nSPS) is 12.9. The van der Waals surface area contributed by atoms with Gasteiger partial charge in [0.05, 0.1) is 11.8 Å². The number of hydrogen-bond acceptors (Lipinski definition) is 6. The van der Waals surface area contributed by atoms with Crippen LogP contribution in [0.25, 0.3) is 0 Å². The second-order valence-electron chi connectivity index (χ2n) is 5.60. The van der Waals surface area contributed by atoms with E-state index in [1.165, 1.54) is 12.1 Å². The minimum absolute atomic E-state index is 0. The van der Waals surface area contributed by atoms with Crippen molar-refractivity contribution in [1.29, 1.82) is 0 Å². The molecule has 0 saturated heterocycles. The zero-order valence-corrected chi connectivity index (χ0v) is 15.5. The second-order valence-corrected chi connectivity index (χ2v) is 7.88. The molecule has 2 aromatic rings. The van der Waals surface area contributed by atoms with Gasteiger partial charge in [-0.1, -0.05) is 36.6 Å². The van der Waals surface area contributed by atoms with Gasteiger partial charge in [0.15, 0.2) is 0 Å². The minimum Gasteiger partial charge on any atom is -0.411 e. The summed E-state index contributed by atoms with van der Waals surface area (Å²) in [6.45, 7) is 3.93. The van der Waals surface area contributed by atoms with Crippen molar-refractivity contribution < 1.29 is 17.2 Å². The predicted octanol–water partition coefficient (Wildman–Crippen LogP) is 3.30. The van der Waals surface area contributed by atoms with Crippen LogP contribution in [-0.2, 0) is 15.6 Å². The quantitative estimate of drug-likeness (QED) is 0.802. The first-order valence-electron chi connectivity index (χ1n) is 6.95. The van der Waals surface area contributed by atoms with Gasteiger partial charge in [0.1, 0.15) is 5.82 Å². The largest absolute Gasteiger partial charge is 0.411 e. The SMILES string of the molecule is CC(C)CC(N)c1nnc(S(=O)(=O)Cc2c(F)cccc2Cl)o1.Cl. The Morgan fingerprint density at radius 2 is 2.00 bits per heavy atom. The molecule has 0 bridgehead atoms. The van der Waals surface area contributed by atoms with Crippen LogP contribution in [0.4, 0.5) is 4.39 Å². The molecule has 6 nitrogen and oxygen atoms in total. The van der Waals surface area contributed by atoms with E-state index >= 15 is 0 Å². The highest BCUT2D eigenvalue weighted by molar-refractivity contribution is 7.90. The summed E-state index contributed by atoms with van der Waals surface area (Å²) >= 11 is 5.84. The molecule has 0 aliphatic rings. The van der Waals surface area contributed by atoms with Crippen LogP contribution in [0, 0.1) is 11.7 Å². The molecule has 0 amide bonds. The summed E-state index contributed by atoms with van der Waals surface area (Å²) in [5, 5.41) is 6.62. The van der Waals surface area contributed by atoms with Crippen molar-refractivity contribution in [3.05, 3.63) is 40.5 Å². The Hall–Kier alpha value is -1.22. The maximum absolute atomic E-state index is 13.7. The number of hydrogen-bond donors (Lipinski definition) is 1. The molecular formula is C14H18Cl2FN3O3S. The van der Waals surface area contributed by atoms with Crippen LogP contribution in [-0.4, -0.2) is 18.6 Å². The highest BCUT2D eigenvalue weighted by Gasteiger charge is 2.27. The Balaban J connectivity index is 0.00000288. The van der Waals surface area contributed by atoms with E-state index in [0.717, 1.165) is 6.07 Å². The second kappa shape index (κ2) is 8.24. The van der Waals surface area contributed by atoms with Crippen LogP contribution in [0.1, 0.15) is 37.8 Å². The molecule has 1 aromatic carbocycles. The summed E-state index contributed by atoms with van der Waals surface area (Å²) in [6.07, 6.45) is 0.570. The van der Waals surface area contributed by atoms with Gasteiger partial charge in [0, 0.05) is 10.6 Å². The molecule has 134 valence electrons. The van der Waals surface area contributed by atoms with E-state index in [4.69, 9.17) is 21.8 Å². The van der Waals surface area contributed by atoms with Crippen LogP contribution in [0.2, 0.25) is 5.02 Å². The maximum Gasteiger partial charge on any atom is 0.335 e. The Morgan fingerprint density at radius 3 is 2.58 bits per heavy atom. The topological polar surface area (TPSA) is 99.1 Å². The van der Waals surface area contributed by atoms with Crippen LogP contribution in [0.15, 0.2) is 27.8 Å². The smallest absolute Gasteiger partial charge is 0.335 e. The maximum atomic E-state index is 13.7. The van der Waals surface area contributed by atoms with E-state index in [2.05, 4.69) is 10.2 Å². The summed E-state index contributed by atoms with van der Waals surface area (Å²) in [5.74, 6) is -1.05. The van der Waals surface area contributed by atoms with Gasteiger partial charge in [-0.15, -0.1) is 17.5 Å². The molecule has 1 heterocycles. The Kier molecular flexibility index (Phi) is 7.15. The lowest BCUT2D eigenvalue weighted by Crippen LogP contribution is -2.13. The first-order chi connectivity index (χ1) is 10.7.